The Morgan fingerprint density at radius 3 is 2.61 bits per heavy atom. The maximum atomic E-state index is 12.4. The van der Waals surface area contributed by atoms with Crippen LogP contribution in [0.2, 0.25) is 0 Å². The summed E-state index contributed by atoms with van der Waals surface area (Å²) in [5, 5.41) is 12.2. The molecule has 0 spiro atoms. The number of benzene rings is 1. The van der Waals surface area contributed by atoms with Crippen LogP contribution in [0.4, 0.5) is 4.79 Å². The van der Waals surface area contributed by atoms with Crippen molar-refractivity contribution in [3.05, 3.63) is 35.9 Å². The van der Waals surface area contributed by atoms with Crippen LogP contribution in [0.25, 0.3) is 0 Å². The number of piperidine rings is 1. The smallest absolute Gasteiger partial charge is 0.317 e. The number of rotatable bonds is 5. The second-order valence-corrected chi connectivity index (χ2v) is 6.66. The van der Waals surface area contributed by atoms with Crippen LogP contribution in [0.5, 0.6) is 0 Å². The second kappa shape index (κ2) is 7.02. The third-order valence-electron chi connectivity index (χ3n) is 4.95. The highest BCUT2D eigenvalue weighted by atomic mass is 16.4. The first kappa shape index (κ1) is 15.8. The zero-order valence-corrected chi connectivity index (χ0v) is 13.3. The third kappa shape index (κ3) is 4.03. The molecule has 1 aliphatic heterocycles. The Morgan fingerprint density at radius 2 is 1.96 bits per heavy atom. The molecule has 1 saturated carbocycles. The fourth-order valence-electron chi connectivity index (χ4n) is 3.43. The summed E-state index contributed by atoms with van der Waals surface area (Å²) >= 11 is 0. The largest absolute Gasteiger partial charge is 0.481 e. The van der Waals surface area contributed by atoms with E-state index in [0.717, 1.165) is 6.42 Å². The van der Waals surface area contributed by atoms with E-state index in [0.29, 0.717) is 37.9 Å². The molecular weight excluding hydrogens is 292 g/mol. The molecule has 23 heavy (non-hydrogen) atoms. The quantitative estimate of drug-likeness (QED) is 0.877. The summed E-state index contributed by atoms with van der Waals surface area (Å²) in [6.45, 7) is 1.59. The van der Waals surface area contributed by atoms with Crippen molar-refractivity contribution in [2.75, 3.05) is 19.6 Å². The zero-order chi connectivity index (χ0) is 16.2. The first-order valence-electron chi connectivity index (χ1n) is 8.45. The van der Waals surface area contributed by atoms with E-state index in [1.54, 1.807) is 4.90 Å². The second-order valence-electron chi connectivity index (χ2n) is 6.66. The average molecular weight is 316 g/mol. The number of carbonyl (C=O) groups excluding carboxylic acids is 1. The summed E-state index contributed by atoms with van der Waals surface area (Å²) in [4.78, 5) is 25.1. The van der Waals surface area contributed by atoms with E-state index in [1.807, 2.05) is 18.2 Å². The molecule has 2 unspecified atom stereocenters. The highest BCUT2D eigenvalue weighted by Crippen LogP contribution is 2.42. The van der Waals surface area contributed by atoms with Gasteiger partial charge in [-0.25, -0.2) is 4.79 Å². The first-order valence-corrected chi connectivity index (χ1v) is 8.45. The molecule has 2 amide bonds. The Morgan fingerprint density at radius 1 is 1.22 bits per heavy atom. The molecule has 5 nitrogen and oxygen atoms in total. The minimum absolute atomic E-state index is 0.127. The molecule has 1 heterocycles. The first-order chi connectivity index (χ1) is 11.1. The number of nitrogens with one attached hydrogen (secondary N) is 1. The lowest BCUT2D eigenvalue weighted by Crippen LogP contribution is -2.47. The van der Waals surface area contributed by atoms with E-state index in [-0.39, 0.29) is 6.03 Å². The number of amides is 2. The van der Waals surface area contributed by atoms with E-state index in [2.05, 4.69) is 17.4 Å². The Hall–Kier alpha value is -2.04. The molecule has 1 aromatic rings. The fourth-order valence-corrected chi connectivity index (χ4v) is 3.43. The van der Waals surface area contributed by atoms with Crippen LogP contribution in [-0.2, 0) is 4.79 Å². The van der Waals surface area contributed by atoms with Crippen LogP contribution in [0.15, 0.2) is 30.3 Å². The summed E-state index contributed by atoms with van der Waals surface area (Å²) < 4.78 is 0. The molecule has 124 valence electrons. The molecular formula is C18H24N2O3. The van der Waals surface area contributed by atoms with Crippen LogP contribution in [0, 0.1) is 11.8 Å². The van der Waals surface area contributed by atoms with E-state index in [9.17, 15) is 9.59 Å². The minimum Gasteiger partial charge on any atom is -0.481 e. The van der Waals surface area contributed by atoms with Crippen LogP contribution in [0.3, 0.4) is 0 Å². The van der Waals surface area contributed by atoms with Gasteiger partial charge < -0.3 is 15.3 Å². The van der Waals surface area contributed by atoms with Gasteiger partial charge in [0, 0.05) is 25.6 Å². The molecule has 1 saturated heterocycles. The van der Waals surface area contributed by atoms with Crippen molar-refractivity contribution < 1.29 is 14.7 Å². The lowest BCUT2D eigenvalue weighted by Gasteiger charge is -2.31. The number of nitrogens with zero attached hydrogens (tertiary/aromatic N) is 1. The molecule has 2 N–H and O–H groups in total. The van der Waals surface area contributed by atoms with Gasteiger partial charge in [-0.1, -0.05) is 30.3 Å². The predicted octanol–water partition coefficient (Wildman–Crippen LogP) is 2.69. The normalized spacial score (nSPS) is 22.4. The number of carboxylic acid groups (broad SMARTS) is 1. The summed E-state index contributed by atoms with van der Waals surface area (Å²) in [5.41, 5.74) is 1.28. The maximum Gasteiger partial charge on any atom is 0.317 e. The van der Waals surface area contributed by atoms with E-state index in [4.69, 9.17) is 5.11 Å². The van der Waals surface area contributed by atoms with Crippen molar-refractivity contribution in [3.63, 3.8) is 0 Å². The molecule has 3 rings (SSSR count). The number of urea groups is 1. The molecule has 2 atom stereocenters. The Balaban J connectivity index is 1.56. The topological polar surface area (TPSA) is 69.6 Å². The van der Waals surface area contributed by atoms with Gasteiger partial charge >= 0.3 is 12.0 Å². The van der Waals surface area contributed by atoms with Crippen molar-refractivity contribution >= 4 is 12.0 Å². The standard InChI is InChI=1S/C18H24N2O3/c21-17(22)15-7-4-10-20(12-15)18(23)19-11-16(14-8-9-14)13-5-2-1-3-6-13/h1-3,5-6,14-16H,4,7-12H2,(H,19,23)(H,21,22). The van der Waals surface area contributed by atoms with Gasteiger partial charge in [0.2, 0.25) is 0 Å². The molecule has 0 bridgehead atoms. The summed E-state index contributed by atoms with van der Waals surface area (Å²) in [5.74, 6) is -0.212. The monoisotopic (exact) mass is 316 g/mol. The Labute approximate surface area is 136 Å². The minimum atomic E-state index is -0.803. The highest BCUT2D eigenvalue weighted by Gasteiger charge is 2.33. The average Bonchev–Trinajstić information content (AvgIpc) is 3.41. The van der Waals surface area contributed by atoms with E-state index < -0.39 is 11.9 Å². The van der Waals surface area contributed by atoms with Gasteiger partial charge in [0.25, 0.3) is 0 Å². The van der Waals surface area contributed by atoms with Gasteiger partial charge in [-0.3, -0.25) is 4.79 Å². The van der Waals surface area contributed by atoms with E-state index in [1.165, 1.54) is 18.4 Å². The molecule has 1 aromatic carbocycles. The number of hydrogen-bond acceptors (Lipinski definition) is 2. The van der Waals surface area contributed by atoms with Gasteiger partial charge in [-0.05, 0) is 37.2 Å². The number of carbonyl (C=O) groups is 2. The molecule has 0 aromatic heterocycles. The zero-order valence-electron chi connectivity index (χ0n) is 13.3. The lowest BCUT2D eigenvalue weighted by molar-refractivity contribution is -0.143. The van der Waals surface area contributed by atoms with Crippen LogP contribution < -0.4 is 5.32 Å². The van der Waals surface area contributed by atoms with Gasteiger partial charge in [0.15, 0.2) is 0 Å². The van der Waals surface area contributed by atoms with E-state index >= 15 is 0 Å². The fraction of sp³-hybridized carbons (Fsp3) is 0.556. The summed E-state index contributed by atoms with van der Waals surface area (Å²) in [7, 11) is 0. The summed E-state index contributed by atoms with van der Waals surface area (Å²) in [6, 6.07) is 10.2. The Kier molecular flexibility index (Phi) is 4.84. The predicted molar refractivity (Wildman–Crippen MR) is 87.2 cm³/mol. The van der Waals surface area contributed by atoms with Crippen molar-refractivity contribution in [3.8, 4) is 0 Å². The van der Waals surface area contributed by atoms with Crippen LogP contribution >= 0.6 is 0 Å². The number of hydrogen-bond donors (Lipinski definition) is 2. The lowest BCUT2D eigenvalue weighted by atomic mass is 9.94. The maximum absolute atomic E-state index is 12.4. The number of aliphatic carboxylic acids is 1. The SMILES string of the molecule is O=C(O)C1CCCN(C(=O)NCC(c2ccccc2)C2CC2)C1. The highest BCUT2D eigenvalue weighted by molar-refractivity contribution is 5.76. The molecule has 5 heteroatoms. The Bertz CT molecular complexity index is 557. The molecule has 0 radical (unpaired) electrons. The third-order valence-corrected chi connectivity index (χ3v) is 4.95. The molecule has 1 aliphatic carbocycles. The van der Waals surface area contributed by atoms with Crippen molar-refractivity contribution in [2.24, 2.45) is 11.8 Å². The van der Waals surface area contributed by atoms with Gasteiger partial charge in [-0.15, -0.1) is 0 Å². The van der Waals surface area contributed by atoms with Crippen molar-refractivity contribution in [1.82, 2.24) is 10.2 Å². The van der Waals surface area contributed by atoms with Gasteiger partial charge in [0.1, 0.15) is 0 Å². The number of carboxylic acids is 1. The van der Waals surface area contributed by atoms with Crippen molar-refractivity contribution in [2.45, 2.75) is 31.6 Å². The van der Waals surface area contributed by atoms with Crippen molar-refractivity contribution in [1.29, 1.82) is 0 Å². The van der Waals surface area contributed by atoms with Gasteiger partial charge in [-0.2, -0.15) is 0 Å². The molecule has 2 aliphatic rings. The van der Waals surface area contributed by atoms with Crippen LogP contribution in [0.1, 0.15) is 37.2 Å². The van der Waals surface area contributed by atoms with Crippen LogP contribution in [-0.4, -0.2) is 41.6 Å². The van der Waals surface area contributed by atoms with Gasteiger partial charge in [0.05, 0.1) is 5.92 Å². The molecule has 2 fully saturated rings. The summed E-state index contributed by atoms with van der Waals surface area (Å²) in [6.07, 6.45) is 3.86. The number of likely N-dealkylation sites (tertiary alicyclic amines) is 1.